The molecule has 1 unspecified atom stereocenters. The van der Waals surface area contributed by atoms with Crippen molar-refractivity contribution < 1.29 is 29.0 Å². The van der Waals surface area contributed by atoms with Crippen LogP contribution in [0.3, 0.4) is 0 Å². The summed E-state index contributed by atoms with van der Waals surface area (Å²) in [5.74, 6) is -1.64. The van der Waals surface area contributed by atoms with E-state index in [9.17, 15) is 19.2 Å². The van der Waals surface area contributed by atoms with Crippen molar-refractivity contribution in [2.24, 2.45) is 22.7 Å². The minimum absolute atomic E-state index is 0.0840. The van der Waals surface area contributed by atoms with Crippen molar-refractivity contribution >= 4 is 23.6 Å². The van der Waals surface area contributed by atoms with E-state index in [0.717, 1.165) is 18.4 Å². The topological polar surface area (TPSA) is 110 Å². The van der Waals surface area contributed by atoms with Crippen molar-refractivity contribution in [1.82, 2.24) is 5.32 Å². The highest BCUT2D eigenvalue weighted by molar-refractivity contribution is 6.05. The van der Waals surface area contributed by atoms with E-state index in [1.54, 1.807) is 0 Å². The first-order valence-corrected chi connectivity index (χ1v) is 13.6. The van der Waals surface area contributed by atoms with E-state index in [1.165, 1.54) is 43.7 Å². The highest BCUT2D eigenvalue weighted by atomic mass is 16.5. The molecule has 7 nitrogen and oxygen atoms in total. The number of aliphatic carboxylic acids is 1. The molecule has 3 aliphatic carbocycles. The molecule has 4 rings (SSSR count). The first-order chi connectivity index (χ1) is 17.2. The first-order valence-electron chi connectivity index (χ1n) is 13.6. The lowest BCUT2D eigenvalue weighted by Crippen LogP contribution is -2.55. The fourth-order valence-corrected chi connectivity index (χ4v) is 8.44. The molecular weight excluding hydrogens is 470 g/mol. The quantitative estimate of drug-likeness (QED) is 0.306. The molecule has 0 aromatic heterocycles. The molecule has 2 saturated carbocycles. The largest absolute Gasteiger partial charge is 0.481 e. The number of hydrogen-bond donors (Lipinski definition) is 2. The maximum Gasteiger partial charge on any atom is 0.341 e. The Hall–Kier alpha value is -2.70. The Labute approximate surface area is 219 Å². The Morgan fingerprint density at radius 2 is 1.76 bits per heavy atom. The Morgan fingerprint density at radius 3 is 2.41 bits per heavy atom. The lowest BCUT2D eigenvalue weighted by atomic mass is 9.43. The van der Waals surface area contributed by atoms with Gasteiger partial charge in [-0.1, -0.05) is 34.1 Å². The smallest absolute Gasteiger partial charge is 0.341 e. The Bertz CT molecular complexity index is 1140. The monoisotopic (exact) mass is 511 g/mol. The van der Waals surface area contributed by atoms with Crippen LogP contribution < -0.4 is 10.1 Å². The molecule has 0 spiro atoms. The van der Waals surface area contributed by atoms with Crippen LogP contribution in [0.5, 0.6) is 5.75 Å². The number of esters is 1. The third-order valence-corrected chi connectivity index (χ3v) is 9.91. The summed E-state index contributed by atoms with van der Waals surface area (Å²) in [5, 5.41) is 11.1. The number of carboxylic acid groups (broad SMARTS) is 1. The van der Waals surface area contributed by atoms with Gasteiger partial charge < -0.3 is 15.2 Å². The van der Waals surface area contributed by atoms with E-state index in [4.69, 9.17) is 9.84 Å². The number of benzene rings is 1. The van der Waals surface area contributed by atoms with Crippen LogP contribution >= 0.6 is 0 Å². The summed E-state index contributed by atoms with van der Waals surface area (Å²) in [6.45, 7) is 13.1. The molecule has 202 valence electrons. The van der Waals surface area contributed by atoms with Gasteiger partial charge in [0.1, 0.15) is 5.75 Å². The summed E-state index contributed by atoms with van der Waals surface area (Å²) in [4.78, 5) is 47.8. The fourth-order valence-electron chi connectivity index (χ4n) is 8.44. The number of carbonyl (C=O) groups excluding carboxylic acids is 3. The van der Waals surface area contributed by atoms with E-state index in [1.807, 2.05) is 12.1 Å². The zero-order valence-electron chi connectivity index (χ0n) is 23.0. The summed E-state index contributed by atoms with van der Waals surface area (Å²) < 4.78 is 5.63. The molecular formula is C30H41NO6. The van der Waals surface area contributed by atoms with Crippen molar-refractivity contribution in [2.45, 2.75) is 104 Å². The fraction of sp³-hybridized carbons (Fsp3) is 0.667. The van der Waals surface area contributed by atoms with Crippen molar-refractivity contribution in [1.29, 1.82) is 0 Å². The number of amides is 1. The second kappa shape index (κ2) is 9.55. The van der Waals surface area contributed by atoms with Gasteiger partial charge >= 0.3 is 11.9 Å². The first kappa shape index (κ1) is 27.3. The Kier molecular flexibility index (Phi) is 7.06. The third kappa shape index (κ3) is 4.82. The summed E-state index contributed by atoms with van der Waals surface area (Å²) in [5.41, 5.74) is 4.37. The molecule has 0 saturated heterocycles. The minimum atomic E-state index is -1.47. The Morgan fingerprint density at radius 1 is 1.05 bits per heavy atom. The number of rotatable bonds is 7. The van der Waals surface area contributed by atoms with E-state index < -0.39 is 29.7 Å². The maximum atomic E-state index is 12.9. The van der Waals surface area contributed by atoms with E-state index in [2.05, 4.69) is 39.9 Å². The van der Waals surface area contributed by atoms with E-state index in [0.29, 0.717) is 23.0 Å². The van der Waals surface area contributed by atoms with Gasteiger partial charge in [-0.25, -0.2) is 4.79 Å². The summed E-state index contributed by atoms with van der Waals surface area (Å²) in [6.07, 6.45) is 6.42. The van der Waals surface area contributed by atoms with Gasteiger partial charge in [0, 0.05) is 6.42 Å². The van der Waals surface area contributed by atoms with E-state index in [-0.39, 0.29) is 23.7 Å². The molecule has 0 aliphatic heterocycles. The minimum Gasteiger partial charge on any atom is -0.481 e. The standard InChI is InChI=1S/C30H41NO6/c1-17-14-20(37-27(36)26(18(2)32)31-23(33)8-9-24(34)35)15-19-16-22-29(5)12-7-11-28(3,4)21(29)10-13-30(22,6)25(17)19/h14-15,21-22,26H,7-13,16H2,1-6H3,(H,31,33)(H,34,35)/t21-,22+,26?,29-,30+/m0/s1. The molecule has 2 N–H and O–H groups in total. The van der Waals surface area contributed by atoms with Gasteiger partial charge in [-0.15, -0.1) is 0 Å². The van der Waals surface area contributed by atoms with Crippen molar-refractivity contribution in [3.05, 3.63) is 28.8 Å². The van der Waals surface area contributed by atoms with Gasteiger partial charge in [-0.3, -0.25) is 14.4 Å². The van der Waals surface area contributed by atoms with Gasteiger partial charge in [-0.05, 0) is 103 Å². The lowest BCUT2D eigenvalue weighted by molar-refractivity contribution is -0.143. The highest BCUT2D eigenvalue weighted by Crippen LogP contribution is 2.67. The molecule has 1 aromatic rings. The van der Waals surface area contributed by atoms with Crippen LogP contribution in [0.1, 0.15) is 96.3 Å². The molecule has 1 aromatic carbocycles. The average molecular weight is 512 g/mol. The van der Waals surface area contributed by atoms with Crippen LogP contribution in [0.15, 0.2) is 12.1 Å². The van der Waals surface area contributed by atoms with Crippen LogP contribution in [-0.2, 0) is 31.0 Å². The third-order valence-electron chi connectivity index (χ3n) is 9.91. The van der Waals surface area contributed by atoms with Crippen LogP contribution in [0.2, 0.25) is 0 Å². The number of ether oxygens (including phenoxy) is 1. The van der Waals surface area contributed by atoms with Crippen LogP contribution in [0, 0.1) is 29.6 Å². The molecule has 1 amide bonds. The van der Waals surface area contributed by atoms with Crippen molar-refractivity contribution in [2.75, 3.05) is 0 Å². The number of carboxylic acids is 1. The molecule has 5 atom stereocenters. The average Bonchev–Trinajstić information content (AvgIpc) is 3.09. The van der Waals surface area contributed by atoms with Crippen LogP contribution in [0.4, 0.5) is 0 Å². The number of nitrogens with one attached hydrogen (secondary N) is 1. The molecule has 0 heterocycles. The predicted molar refractivity (Wildman–Crippen MR) is 139 cm³/mol. The summed E-state index contributed by atoms with van der Waals surface area (Å²) >= 11 is 0. The number of hydrogen-bond acceptors (Lipinski definition) is 5. The Balaban J connectivity index is 1.57. The zero-order chi connectivity index (χ0) is 27.3. The van der Waals surface area contributed by atoms with Crippen LogP contribution in [0.25, 0.3) is 0 Å². The van der Waals surface area contributed by atoms with Crippen molar-refractivity contribution in [3.63, 3.8) is 0 Å². The SMILES string of the molecule is CC(=O)C(NC(=O)CCC(=O)O)C(=O)Oc1cc(C)c2c(c1)C[C@@H]1[C@@]3(C)CCCC(C)(C)[C@@H]3CC[C@@]21C. The maximum absolute atomic E-state index is 12.9. The molecule has 7 heteroatoms. The molecule has 37 heavy (non-hydrogen) atoms. The number of Topliss-reactive ketones (excluding diaryl/α,β-unsaturated/α-hetero) is 1. The number of fused-ring (bicyclic) bond motifs is 5. The molecule has 0 bridgehead atoms. The number of ketones is 1. The lowest BCUT2D eigenvalue weighted by Gasteiger charge is -2.61. The second-order valence-electron chi connectivity index (χ2n) is 12.8. The summed E-state index contributed by atoms with van der Waals surface area (Å²) in [7, 11) is 0. The van der Waals surface area contributed by atoms with Crippen LogP contribution in [-0.4, -0.2) is 34.8 Å². The van der Waals surface area contributed by atoms with E-state index >= 15 is 0 Å². The van der Waals surface area contributed by atoms with Gasteiger partial charge in [0.05, 0.1) is 6.42 Å². The molecule has 3 aliphatic rings. The van der Waals surface area contributed by atoms with Gasteiger partial charge in [0.15, 0.2) is 11.8 Å². The van der Waals surface area contributed by atoms with Gasteiger partial charge in [0.2, 0.25) is 5.91 Å². The molecule has 2 fully saturated rings. The predicted octanol–water partition coefficient (Wildman–Crippen LogP) is 4.90. The number of aryl methyl sites for hydroxylation is 1. The highest BCUT2D eigenvalue weighted by Gasteiger charge is 2.61. The normalized spacial score (nSPS) is 30.3. The van der Waals surface area contributed by atoms with Gasteiger partial charge in [-0.2, -0.15) is 0 Å². The van der Waals surface area contributed by atoms with Crippen molar-refractivity contribution in [3.8, 4) is 5.75 Å². The van der Waals surface area contributed by atoms with Gasteiger partial charge in [0.25, 0.3) is 0 Å². The summed E-state index contributed by atoms with van der Waals surface area (Å²) in [6, 6.07) is 2.34. The molecule has 0 radical (unpaired) electrons. The second-order valence-corrected chi connectivity index (χ2v) is 12.8. The number of carbonyl (C=O) groups is 4. The zero-order valence-corrected chi connectivity index (χ0v) is 23.0.